The van der Waals surface area contributed by atoms with E-state index in [1.54, 1.807) is 0 Å². The summed E-state index contributed by atoms with van der Waals surface area (Å²) in [5.74, 6) is 0.476. The minimum Gasteiger partial charge on any atom is -0.364 e. The highest BCUT2D eigenvalue weighted by atomic mass is 16.5. The number of carbonyl (C=O) groups is 1. The van der Waals surface area contributed by atoms with Crippen LogP contribution < -0.4 is 11.1 Å². The van der Waals surface area contributed by atoms with Gasteiger partial charge in [0.25, 0.3) is 0 Å². The number of aromatic nitrogens is 4. The molecule has 0 bridgehead atoms. The topological polar surface area (TPSA) is 119 Å². The SMILES string of the molecule is NC[C@H]1CC[C@@H](C(=O)NC2(c3nn[nH]n3)CCCC2)O1. The fourth-order valence-electron chi connectivity index (χ4n) is 3.14. The number of nitrogens with zero attached hydrogens (tertiary/aromatic N) is 3. The summed E-state index contributed by atoms with van der Waals surface area (Å²) in [6, 6.07) is 0. The van der Waals surface area contributed by atoms with Crippen LogP contribution in [0.4, 0.5) is 0 Å². The summed E-state index contributed by atoms with van der Waals surface area (Å²) in [5.41, 5.74) is 5.08. The maximum absolute atomic E-state index is 12.4. The first-order valence-corrected chi connectivity index (χ1v) is 7.15. The maximum Gasteiger partial charge on any atom is 0.249 e. The molecule has 1 saturated carbocycles. The van der Waals surface area contributed by atoms with Crippen molar-refractivity contribution in [1.82, 2.24) is 25.9 Å². The van der Waals surface area contributed by atoms with Gasteiger partial charge in [0.1, 0.15) is 11.6 Å². The van der Waals surface area contributed by atoms with E-state index < -0.39 is 11.6 Å². The van der Waals surface area contributed by atoms with Crippen LogP contribution in [0.15, 0.2) is 0 Å². The van der Waals surface area contributed by atoms with Gasteiger partial charge in [0.2, 0.25) is 5.91 Å². The zero-order valence-electron chi connectivity index (χ0n) is 11.3. The highest BCUT2D eigenvalue weighted by Crippen LogP contribution is 2.37. The molecule has 110 valence electrons. The standard InChI is InChI=1S/C12H20N6O2/c13-7-8-3-4-9(20-8)10(19)14-12(5-1-2-6-12)11-15-17-18-16-11/h8-9H,1-7,13H2,(H,14,19)(H,15,16,17,18)/t8-,9+/m1/s1. The second kappa shape index (κ2) is 5.45. The van der Waals surface area contributed by atoms with E-state index in [0.717, 1.165) is 38.5 Å². The van der Waals surface area contributed by atoms with Gasteiger partial charge in [0.05, 0.1) is 6.10 Å². The molecule has 0 aromatic carbocycles. The first-order valence-electron chi connectivity index (χ1n) is 7.15. The van der Waals surface area contributed by atoms with Crippen molar-refractivity contribution in [2.45, 2.75) is 56.3 Å². The Morgan fingerprint density at radius 1 is 1.45 bits per heavy atom. The Kier molecular flexibility index (Phi) is 3.66. The minimum absolute atomic E-state index is 0.00421. The van der Waals surface area contributed by atoms with Crippen molar-refractivity contribution in [3.63, 3.8) is 0 Å². The van der Waals surface area contributed by atoms with Gasteiger partial charge in [0.15, 0.2) is 5.82 Å². The molecule has 3 rings (SSSR count). The molecule has 2 atom stereocenters. The molecule has 2 heterocycles. The number of ether oxygens (including phenoxy) is 1. The van der Waals surface area contributed by atoms with Crippen LogP contribution in [0.25, 0.3) is 0 Å². The predicted octanol–water partition coefficient (Wildman–Crippen LogP) is -0.408. The number of nitrogens with one attached hydrogen (secondary N) is 2. The quantitative estimate of drug-likeness (QED) is 0.690. The van der Waals surface area contributed by atoms with E-state index in [0.29, 0.717) is 12.4 Å². The van der Waals surface area contributed by atoms with Crippen molar-refractivity contribution in [3.05, 3.63) is 5.82 Å². The number of rotatable bonds is 4. The van der Waals surface area contributed by atoms with E-state index in [1.165, 1.54) is 0 Å². The molecule has 1 aliphatic carbocycles. The third-order valence-corrected chi connectivity index (χ3v) is 4.26. The van der Waals surface area contributed by atoms with Crippen molar-refractivity contribution in [2.75, 3.05) is 6.54 Å². The molecular weight excluding hydrogens is 260 g/mol. The van der Waals surface area contributed by atoms with E-state index in [9.17, 15) is 4.79 Å². The van der Waals surface area contributed by atoms with Crippen LogP contribution in [-0.2, 0) is 15.1 Å². The number of amides is 1. The van der Waals surface area contributed by atoms with Crippen LogP contribution >= 0.6 is 0 Å². The average molecular weight is 280 g/mol. The number of hydrogen-bond donors (Lipinski definition) is 3. The van der Waals surface area contributed by atoms with Gasteiger partial charge in [-0.15, -0.1) is 10.2 Å². The van der Waals surface area contributed by atoms with Crippen molar-refractivity contribution in [3.8, 4) is 0 Å². The van der Waals surface area contributed by atoms with Crippen molar-refractivity contribution >= 4 is 5.91 Å². The Labute approximate surface area is 116 Å². The molecule has 4 N–H and O–H groups in total. The molecule has 0 unspecified atom stereocenters. The van der Waals surface area contributed by atoms with Crippen molar-refractivity contribution in [1.29, 1.82) is 0 Å². The third kappa shape index (κ3) is 2.40. The van der Waals surface area contributed by atoms with Crippen LogP contribution in [-0.4, -0.2) is 45.3 Å². The molecule has 0 radical (unpaired) electrons. The number of nitrogens with two attached hydrogens (primary N) is 1. The summed E-state index contributed by atoms with van der Waals surface area (Å²) < 4.78 is 5.64. The second-order valence-corrected chi connectivity index (χ2v) is 5.57. The van der Waals surface area contributed by atoms with E-state index in [1.807, 2.05) is 0 Å². The Morgan fingerprint density at radius 2 is 2.25 bits per heavy atom. The zero-order chi connectivity index (χ0) is 14.0. The largest absolute Gasteiger partial charge is 0.364 e. The van der Waals surface area contributed by atoms with Crippen LogP contribution in [0.3, 0.4) is 0 Å². The Hall–Kier alpha value is -1.54. The van der Waals surface area contributed by atoms with Gasteiger partial charge in [-0.1, -0.05) is 18.1 Å². The number of aromatic amines is 1. The molecule has 1 aromatic heterocycles. The van der Waals surface area contributed by atoms with E-state index in [2.05, 4.69) is 25.9 Å². The molecule has 8 nitrogen and oxygen atoms in total. The van der Waals surface area contributed by atoms with E-state index in [4.69, 9.17) is 10.5 Å². The molecular formula is C12H20N6O2. The fraction of sp³-hybridized carbons (Fsp3) is 0.833. The summed E-state index contributed by atoms with van der Waals surface area (Å²) in [6.07, 6.45) is 4.91. The highest BCUT2D eigenvalue weighted by Gasteiger charge is 2.43. The van der Waals surface area contributed by atoms with Gasteiger partial charge in [-0.05, 0) is 25.7 Å². The number of carbonyl (C=O) groups excluding carboxylic acids is 1. The van der Waals surface area contributed by atoms with Crippen LogP contribution in [0, 0.1) is 0 Å². The second-order valence-electron chi connectivity index (χ2n) is 5.57. The summed E-state index contributed by atoms with van der Waals surface area (Å²) >= 11 is 0. The first kappa shape index (κ1) is 13.4. The van der Waals surface area contributed by atoms with Gasteiger partial charge in [-0.2, -0.15) is 5.21 Å². The number of H-pyrrole nitrogens is 1. The van der Waals surface area contributed by atoms with Crippen LogP contribution in [0.2, 0.25) is 0 Å². The van der Waals surface area contributed by atoms with Crippen molar-refractivity contribution in [2.24, 2.45) is 5.73 Å². The molecule has 0 spiro atoms. The van der Waals surface area contributed by atoms with Gasteiger partial charge >= 0.3 is 0 Å². The zero-order valence-corrected chi connectivity index (χ0v) is 11.3. The average Bonchev–Trinajstić information content (AvgIpc) is 3.19. The smallest absolute Gasteiger partial charge is 0.249 e. The molecule has 1 aromatic rings. The lowest BCUT2D eigenvalue weighted by Crippen LogP contribution is -2.48. The minimum atomic E-state index is -0.492. The van der Waals surface area contributed by atoms with Gasteiger partial charge in [-0.3, -0.25) is 4.79 Å². The van der Waals surface area contributed by atoms with E-state index >= 15 is 0 Å². The Morgan fingerprint density at radius 3 is 2.85 bits per heavy atom. The monoisotopic (exact) mass is 280 g/mol. The van der Waals surface area contributed by atoms with Crippen molar-refractivity contribution < 1.29 is 9.53 Å². The molecule has 2 aliphatic rings. The lowest BCUT2D eigenvalue weighted by molar-refractivity contribution is -0.134. The molecule has 8 heteroatoms. The summed E-state index contributed by atoms with van der Waals surface area (Å²) in [4.78, 5) is 12.4. The normalized spacial score (nSPS) is 28.6. The van der Waals surface area contributed by atoms with Gasteiger partial charge in [-0.25, -0.2) is 0 Å². The fourth-order valence-corrected chi connectivity index (χ4v) is 3.14. The molecule has 1 amide bonds. The summed E-state index contributed by atoms with van der Waals surface area (Å²) in [6.45, 7) is 0.458. The molecule has 1 aliphatic heterocycles. The molecule has 1 saturated heterocycles. The van der Waals surface area contributed by atoms with Gasteiger partial charge in [0, 0.05) is 6.54 Å². The number of tetrazole rings is 1. The summed E-state index contributed by atoms with van der Waals surface area (Å²) in [7, 11) is 0. The Balaban J connectivity index is 1.70. The molecule has 20 heavy (non-hydrogen) atoms. The van der Waals surface area contributed by atoms with Gasteiger partial charge < -0.3 is 15.8 Å². The lowest BCUT2D eigenvalue weighted by atomic mass is 9.96. The van der Waals surface area contributed by atoms with Crippen LogP contribution in [0.5, 0.6) is 0 Å². The van der Waals surface area contributed by atoms with Crippen LogP contribution in [0.1, 0.15) is 44.3 Å². The maximum atomic E-state index is 12.4. The molecule has 2 fully saturated rings. The lowest BCUT2D eigenvalue weighted by Gasteiger charge is -2.28. The Bertz CT molecular complexity index is 457. The number of hydrogen-bond acceptors (Lipinski definition) is 6. The van der Waals surface area contributed by atoms with E-state index in [-0.39, 0.29) is 12.0 Å². The highest BCUT2D eigenvalue weighted by molar-refractivity contribution is 5.82. The predicted molar refractivity (Wildman–Crippen MR) is 69.4 cm³/mol. The first-order chi connectivity index (χ1) is 9.73. The third-order valence-electron chi connectivity index (χ3n) is 4.26. The summed E-state index contributed by atoms with van der Waals surface area (Å²) in [5, 5.41) is 17.3.